The lowest BCUT2D eigenvalue weighted by Gasteiger charge is -2.18. The number of hydrogen-bond donors (Lipinski definition) is 2. The smallest absolute Gasteiger partial charge is 0.128 e. The van der Waals surface area contributed by atoms with Crippen molar-refractivity contribution in [2.45, 2.75) is 39.2 Å². The summed E-state index contributed by atoms with van der Waals surface area (Å²) in [4.78, 5) is 4.50. The van der Waals surface area contributed by atoms with E-state index in [1.54, 1.807) is 14.2 Å². The molecule has 0 aliphatic rings. The van der Waals surface area contributed by atoms with Crippen LogP contribution in [0.5, 0.6) is 5.75 Å². The Hall–Kier alpha value is -1.17. The molecule has 1 aromatic heterocycles. The largest absolute Gasteiger partial charge is 0.496 e. The van der Waals surface area contributed by atoms with E-state index in [2.05, 4.69) is 10.4 Å². The summed E-state index contributed by atoms with van der Waals surface area (Å²) in [6.07, 6.45) is 4.58. The molecule has 0 radical (unpaired) electrons. The summed E-state index contributed by atoms with van der Waals surface area (Å²) in [5.41, 5.74) is 6.03. The van der Waals surface area contributed by atoms with Gasteiger partial charge in [0.05, 0.1) is 7.11 Å². The molecule has 0 aliphatic heterocycles. The predicted molar refractivity (Wildman–Crippen MR) is 76.2 cm³/mol. The standard InChI is InChI=1S/C14H25N3O2/c1-10-9-16-13(11(2)14(10)19-4)8-12(17-15)6-5-7-18-3/h9,12,17H,5-8,15H2,1-4H3. The number of pyridine rings is 1. The molecule has 108 valence electrons. The van der Waals surface area contributed by atoms with Gasteiger partial charge in [-0.2, -0.15) is 0 Å². The summed E-state index contributed by atoms with van der Waals surface area (Å²) in [7, 11) is 3.40. The molecule has 0 aliphatic carbocycles. The number of nitrogens with one attached hydrogen (secondary N) is 1. The summed E-state index contributed by atoms with van der Waals surface area (Å²) in [6, 6.07) is 0.203. The molecule has 0 saturated heterocycles. The molecule has 1 heterocycles. The first-order chi connectivity index (χ1) is 9.13. The lowest BCUT2D eigenvalue weighted by atomic mass is 10.0. The number of rotatable bonds is 8. The topological polar surface area (TPSA) is 69.4 Å². The quantitative estimate of drug-likeness (QED) is 0.424. The van der Waals surface area contributed by atoms with Gasteiger partial charge in [0.2, 0.25) is 0 Å². The van der Waals surface area contributed by atoms with Crippen molar-refractivity contribution < 1.29 is 9.47 Å². The number of nitrogens with zero attached hydrogens (tertiary/aromatic N) is 1. The van der Waals surface area contributed by atoms with E-state index in [9.17, 15) is 0 Å². The molecule has 19 heavy (non-hydrogen) atoms. The van der Waals surface area contributed by atoms with E-state index in [-0.39, 0.29) is 6.04 Å². The van der Waals surface area contributed by atoms with Crippen LogP contribution in [0.1, 0.15) is 29.7 Å². The van der Waals surface area contributed by atoms with Crippen molar-refractivity contribution in [1.29, 1.82) is 0 Å². The number of hydrazine groups is 1. The first-order valence-corrected chi connectivity index (χ1v) is 6.58. The van der Waals surface area contributed by atoms with E-state index < -0.39 is 0 Å². The molecule has 0 amide bonds. The van der Waals surface area contributed by atoms with Crippen LogP contribution < -0.4 is 16.0 Å². The summed E-state index contributed by atoms with van der Waals surface area (Å²) < 4.78 is 10.5. The molecular weight excluding hydrogens is 242 g/mol. The number of nitrogens with two attached hydrogens (primary N) is 1. The highest BCUT2D eigenvalue weighted by molar-refractivity contribution is 5.41. The molecule has 0 saturated carbocycles. The van der Waals surface area contributed by atoms with Crippen LogP contribution in [0.15, 0.2) is 6.20 Å². The fraction of sp³-hybridized carbons (Fsp3) is 0.643. The zero-order valence-corrected chi connectivity index (χ0v) is 12.3. The molecule has 5 heteroatoms. The lowest BCUT2D eigenvalue weighted by Crippen LogP contribution is -2.37. The second kappa shape index (κ2) is 8.09. The van der Waals surface area contributed by atoms with E-state index in [4.69, 9.17) is 15.3 Å². The summed E-state index contributed by atoms with van der Waals surface area (Å²) >= 11 is 0. The number of ether oxygens (including phenoxy) is 2. The van der Waals surface area contributed by atoms with Gasteiger partial charge in [0.25, 0.3) is 0 Å². The Labute approximate surface area is 115 Å². The highest BCUT2D eigenvalue weighted by Crippen LogP contribution is 2.24. The van der Waals surface area contributed by atoms with Crippen LogP contribution in [0.25, 0.3) is 0 Å². The number of methoxy groups -OCH3 is 2. The molecule has 0 fully saturated rings. The van der Waals surface area contributed by atoms with Crippen LogP contribution in [-0.4, -0.2) is 31.9 Å². The maximum absolute atomic E-state index is 5.60. The van der Waals surface area contributed by atoms with Gasteiger partial charge < -0.3 is 9.47 Å². The molecule has 3 N–H and O–H groups in total. The van der Waals surface area contributed by atoms with E-state index in [0.29, 0.717) is 0 Å². The number of aryl methyl sites for hydroxylation is 1. The molecule has 0 aromatic carbocycles. The minimum Gasteiger partial charge on any atom is -0.496 e. The van der Waals surface area contributed by atoms with E-state index in [0.717, 1.165) is 48.4 Å². The van der Waals surface area contributed by atoms with Gasteiger partial charge in [-0.15, -0.1) is 0 Å². The first kappa shape index (κ1) is 15.9. The van der Waals surface area contributed by atoms with Gasteiger partial charge in [0.1, 0.15) is 5.75 Å². The van der Waals surface area contributed by atoms with Gasteiger partial charge in [0, 0.05) is 49.2 Å². The first-order valence-electron chi connectivity index (χ1n) is 6.58. The van der Waals surface area contributed by atoms with Crippen LogP contribution in [0, 0.1) is 13.8 Å². The van der Waals surface area contributed by atoms with Gasteiger partial charge in [0.15, 0.2) is 0 Å². The monoisotopic (exact) mass is 267 g/mol. The van der Waals surface area contributed by atoms with Crippen molar-refractivity contribution in [2.75, 3.05) is 20.8 Å². The van der Waals surface area contributed by atoms with Crippen molar-refractivity contribution in [1.82, 2.24) is 10.4 Å². The molecule has 0 spiro atoms. The summed E-state index contributed by atoms with van der Waals surface area (Å²) in [6.45, 7) is 4.79. The highest BCUT2D eigenvalue weighted by Gasteiger charge is 2.14. The third kappa shape index (κ3) is 4.45. The van der Waals surface area contributed by atoms with Crippen molar-refractivity contribution in [3.8, 4) is 5.75 Å². The van der Waals surface area contributed by atoms with Gasteiger partial charge in [-0.25, -0.2) is 0 Å². The highest BCUT2D eigenvalue weighted by atomic mass is 16.5. The Kier molecular flexibility index (Phi) is 6.77. The Morgan fingerprint density at radius 1 is 1.37 bits per heavy atom. The van der Waals surface area contributed by atoms with E-state index in [1.807, 2.05) is 20.0 Å². The second-order valence-electron chi connectivity index (χ2n) is 4.75. The summed E-state index contributed by atoms with van der Waals surface area (Å²) in [5.74, 6) is 6.52. The Morgan fingerprint density at radius 2 is 2.11 bits per heavy atom. The van der Waals surface area contributed by atoms with Crippen molar-refractivity contribution >= 4 is 0 Å². The van der Waals surface area contributed by atoms with Crippen LogP contribution in [0.3, 0.4) is 0 Å². The molecule has 5 nitrogen and oxygen atoms in total. The molecule has 0 bridgehead atoms. The van der Waals surface area contributed by atoms with Gasteiger partial charge >= 0.3 is 0 Å². The fourth-order valence-corrected chi connectivity index (χ4v) is 2.23. The molecule has 1 atom stereocenters. The Balaban J connectivity index is 2.74. The molecular formula is C14H25N3O2. The maximum Gasteiger partial charge on any atom is 0.128 e. The van der Waals surface area contributed by atoms with E-state index >= 15 is 0 Å². The van der Waals surface area contributed by atoms with Gasteiger partial charge in [-0.05, 0) is 26.7 Å². The maximum atomic E-state index is 5.60. The molecule has 1 unspecified atom stereocenters. The van der Waals surface area contributed by atoms with Gasteiger partial charge in [-0.1, -0.05) is 0 Å². The van der Waals surface area contributed by atoms with Crippen molar-refractivity contribution in [3.63, 3.8) is 0 Å². The zero-order valence-electron chi connectivity index (χ0n) is 12.3. The number of hydrogen-bond acceptors (Lipinski definition) is 5. The minimum atomic E-state index is 0.203. The normalized spacial score (nSPS) is 12.5. The molecule has 1 rings (SSSR count). The third-order valence-electron chi connectivity index (χ3n) is 3.33. The average Bonchev–Trinajstić information content (AvgIpc) is 2.41. The lowest BCUT2D eigenvalue weighted by molar-refractivity contribution is 0.188. The van der Waals surface area contributed by atoms with Crippen molar-refractivity contribution in [3.05, 3.63) is 23.0 Å². The predicted octanol–water partition coefficient (Wildman–Crippen LogP) is 1.51. The Morgan fingerprint density at radius 3 is 2.68 bits per heavy atom. The van der Waals surface area contributed by atoms with Crippen molar-refractivity contribution in [2.24, 2.45) is 5.84 Å². The number of aromatic nitrogens is 1. The second-order valence-corrected chi connectivity index (χ2v) is 4.75. The average molecular weight is 267 g/mol. The van der Waals surface area contributed by atoms with Crippen LogP contribution >= 0.6 is 0 Å². The minimum absolute atomic E-state index is 0.203. The molecule has 1 aromatic rings. The summed E-state index contributed by atoms with van der Waals surface area (Å²) in [5, 5.41) is 0. The van der Waals surface area contributed by atoms with E-state index in [1.165, 1.54) is 0 Å². The van der Waals surface area contributed by atoms with Crippen LogP contribution in [-0.2, 0) is 11.2 Å². The van der Waals surface area contributed by atoms with Gasteiger partial charge in [-0.3, -0.25) is 16.3 Å². The SMILES string of the molecule is COCCCC(Cc1ncc(C)c(OC)c1C)NN. The zero-order chi connectivity index (χ0) is 14.3. The fourth-order valence-electron chi connectivity index (χ4n) is 2.23. The Bertz CT molecular complexity index is 397. The third-order valence-corrected chi connectivity index (χ3v) is 3.33. The van der Waals surface area contributed by atoms with Crippen LogP contribution in [0.4, 0.5) is 0 Å². The van der Waals surface area contributed by atoms with Crippen LogP contribution in [0.2, 0.25) is 0 Å².